The van der Waals surface area contributed by atoms with Gasteiger partial charge in [-0.3, -0.25) is 5.10 Å². The van der Waals surface area contributed by atoms with Crippen LogP contribution in [-0.2, 0) is 0 Å². The molecule has 2 aromatic rings. The zero-order valence-electron chi connectivity index (χ0n) is 11.8. The molecule has 0 atom stereocenters. The van der Waals surface area contributed by atoms with Crippen LogP contribution in [0.1, 0.15) is 21.7 Å². The van der Waals surface area contributed by atoms with Crippen molar-refractivity contribution in [2.45, 2.75) is 13.8 Å². The maximum Gasteiger partial charge on any atom is 0.335 e. The van der Waals surface area contributed by atoms with Gasteiger partial charge in [-0.05, 0) is 26.0 Å². The molecule has 2 N–H and O–H groups in total. The van der Waals surface area contributed by atoms with Crippen molar-refractivity contribution < 1.29 is 19.4 Å². The van der Waals surface area contributed by atoms with Gasteiger partial charge in [-0.15, -0.1) is 0 Å². The molecule has 0 radical (unpaired) electrons. The Balaban J connectivity index is 2.79. The highest BCUT2D eigenvalue weighted by atomic mass is 16.5. The Kier molecular flexibility index (Phi) is 3.65. The van der Waals surface area contributed by atoms with Crippen LogP contribution in [0.4, 0.5) is 0 Å². The molecule has 0 bridgehead atoms. The Morgan fingerprint density at radius 1 is 1.25 bits per heavy atom. The van der Waals surface area contributed by atoms with Gasteiger partial charge >= 0.3 is 5.97 Å². The van der Waals surface area contributed by atoms with Gasteiger partial charge in [-0.25, -0.2) is 4.79 Å². The molecule has 6 heteroatoms. The number of nitrogens with zero attached hydrogens (tertiary/aromatic N) is 1. The number of nitrogens with one attached hydrogen (secondary N) is 1. The van der Waals surface area contributed by atoms with Gasteiger partial charge in [0.25, 0.3) is 0 Å². The third kappa shape index (κ3) is 2.20. The Morgan fingerprint density at radius 3 is 2.40 bits per heavy atom. The van der Waals surface area contributed by atoms with E-state index >= 15 is 0 Å². The standard InChI is InChI=1S/C14H16N2O4/c1-7-12(8(2)16-15-7)10-5-9(14(17)18)6-11(19-3)13(10)20-4/h5-6H,1-4H3,(H,15,16)(H,17,18). The van der Waals surface area contributed by atoms with Crippen molar-refractivity contribution in [1.82, 2.24) is 10.2 Å². The molecule has 6 nitrogen and oxygen atoms in total. The molecular weight excluding hydrogens is 260 g/mol. The third-order valence-electron chi connectivity index (χ3n) is 3.12. The van der Waals surface area contributed by atoms with E-state index in [2.05, 4.69) is 10.2 Å². The molecule has 0 saturated heterocycles. The predicted molar refractivity (Wildman–Crippen MR) is 73.6 cm³/mol. The Labute approximate surface area is 116 Å². The number of aryl methyl sites for hydroxylation is 2. The third-order valence-corrected chi connectivity index (χ3v) is 3.12. The van der Waals surface area contributed by atoms with E-state index in [-0.39, 0.29) is 5.56 Å². The van der Waals surface area contributed by atoms with Crippen LogP contribution in [0.3, 0.4) is 0 Å². The number of ether oxygens (including phenoxy) is 2. The summed E-state index contributed by atoms with van der Waals surface area (Å²) in [7, 11) is 2.99. The summed E-state index contributed by atoms with van der Waals surface area (Å²) >= 11 is 0. The van der Waals surface area contributed by atoms with E-state index in [1.54, 1.807) is 6.07 Å². The minimum absolute atomic E-state index is 0.137. The SMILES string of the molecule is COc1cc(C(=O)O)cc(-c2c(C)n[nH]c2C)c1OC. The molecule has 20 heavy (non-hydrogen) atoms. The molecule has 1 heterocycles. The van der Waals surface area contributed by atoms with Gasteiger partial charge in [0.1, 0.15) is 0 Å². The largest absolute Gasteiger partial charge is 0.493 e. The molecule has 0 aliphatic rings. The molecule has 0 aliphatic carbocycles. The monoisotopic (exact) mass is 276 g/mol. The van der Waals surface area contributed by atoms with Crippen LogP contribution in [0.25, 0.3) is 11.1 Å². The zero-order chi connectivity index (χ0) is 14.9. The number of carboxylic acids is 1. The summed E-state index contributed by atoms with van der Waals surface area (Å²) in [5.41, 5.74) is 3.21. The molecule has 2 rings (SSSR count). The number of benzene rings is 1. The van der Waals surface area contributed by atoms with Gasteiger partial charge < -0.3 is 14.6 Å². The summed E-state index contributed by atoms with van der Waals surface area (Å²) in [6, 6.07) is 3.00. The fourth-order valence-electron chi connectivity index (χ4n) is 2.22. The number of methoxy groups -OCH3 is 2. The van der Waals surface area contributed by atoms with Gasteiger partial charge in [-0.2, -0.15) is 5.10 Å². The number of aromatic carboxylic acids is 1. The molecular formula is C14H16N2O4. The highest BCUT2D eigenvalue weighted by Crippen LogP contribution is 2.41. The van der Waals surface area contributed by atoms with Gasteiger partial charge in [0.2, 0.25) is 0 Å². The first kappa shape index (κ1) is 13.9. The van der Waals surface area contributed by atoms with Crippen molar-refractivity contribution in [3.05, 3.63) is 29.1 Å². The second kappa shape index (κ2) is 5.24. The van der Waals surface area contributed by atoms with E-state index in [1.165, 1.54) is 20.3 Å². The quantitative estimate of drug-likeness (QED) is 0.895. The molecule has 0 saturated carbocycles. The van der Waals surface area contributed by atoms with E-state index < -0.39 is 5.97 Å². The Bertz CT molecular complexity index is 642. The highest BCUT2D eigenvalue weighted by Gasteiger charge is 2.20. The van der Waals surface area contributed by atoms with Crippen LogP contribution in [0, 0.1) is 13.8 Å². The smallest absolute Gasteiger partial charge is 0.335 e. The zero-order valence-corrected chi connectivity index (χ0v) is 11.8. The first-order chi connectivity index (χ1) is 9.49. The first-order valence-corrected chi connectivity index (χ1v) is 6.00. The van der Waals surface area contributed by atoms with Crippen LogP contribution in [0.5, 0.6) is 11.5 Å². The van der Waals surface area contributed by atoms with Gasteiger partial charge in [-0.1, -0.05) is 0 Å². The maximum atomic E-state index is 11.2. The number of H-pyrrole nitrogens is 1. The molecule has 0 amide bonds. The van der Waals surface area contributed by atoms with E-state index in [0.717, 1.165) is 17.0 Å². The van der Waals surface area contributed by atoms with Crippen LogP contribution in [-0.4, -0.2) is 35.5 Å². The van der Waals surface area contributed by atoms with Crippen molar-refractivity contribution >= 4 is 5.97 Å². The van der Waals surface area contributed by atoms with Gasteiger partial charge in [0.15, 0.2) is 11.5 Å². The fourth-order valence-corrected chi connectivity index (χ4v) is 2.22. The Hall–Kier alpha value is -2.50. The van der Waals surface area contributed by atoms with Gasteiger partial charge in [0, 0.05) is 16.8 Å². The summed E-state index contributed by atoms with van der Waals surface area (Å²) in [4.78, 5) is 11.2. The summed E-state index contributed by atoms with van der Waals surface area (Å²) < 4.78 is 10.6. The van der Waals surface area contributed by atoms with E-state index in [1.807, 2.05) is 13.8 Å². The minimum atomic E-state index is -1.02. The lowest BCUT2D eigenvalue weighted by molar-refractivity contribution is 0.0696. The van der Waals surface area contributed by atoms with Crippen molar-refractivity contribution in [1.29, 1.82) is 0 Å². The van der Waals surface area contributed by atoms with Crippen LogP contribution in [0.15, 0.2) is 12.1 Å². The molecule has 0 spiro atoms. The molecule has 0 fully saturated rings. The first-order valence-electron chi connectivity index (χ1n) is 6.00. The van der Waals surface area contributed by atoms with Crippen molar-refractivity contribution in [2.75, 3.05) is 14.2 Å². The van der Waals surface area contributed by atoms with Crippen LogP contribution in [0.2, 0.25) is 0 Å². The van der Waals surface area contributed by atoms with E-state index in [9.17, 15) is 9.90 Å². The number of carboxylic acid groups (broad SMARTS) is 1. The number of carbonyl (C=O) groups is 1. The number of rotatable bonds is 4. The van der Waals surface area contributed by atoms with E-state index in [0.29, 0.717) is 17.1 Å². The van der Waals surface area contributed by atoms with Crippen molar-refractivity contribution in [3.8, 4) is 22.6 Å². The molecule has 0 unspecified atom stereocenters. The summed E-state index contributed by atoms with van der Waals surface area (Å²) in [6.07, 6.45) is 0. The summed E-state index contributed by atoms with van der Waals surface area (Å²) in [5.74, 6) is -0.154. The maximum absolute atomic E-state index is 11.2. The number of hydrogen-bond donors (Lipinski definition) is 2. The molecule has 1 aromatic heterocycles. The van der Waals surface area contributed by atoms with Crippen LogP contribution < -0.4 is 9.47 Å². The average Bonchev–Trinajstić information content (AvgIpc) is 2.76. The van der Waals surface area contributed by atoms with Crippen molar-refractivity contribution in [2.24, 2.45) is 0 Å². The van der Waals surface area contributed by atoms with Crippen LogP contribution >= 0.6 is 0 Å². The molecule has 0 aliphatic heterocycles. The number of aromatic nitrogens is 2. The Morgan fingerprint density at radius 2 is 1.95 bits per heavy atom. The van der Waals surface area contributed by atoms with Crippen molar-refractivity contribution in [3.63, 3.8) is 0 Å². The van der Waals surface area contributed by atoms with E-state index in [4.69, 9.17) is 9.47 Å². The minimum Gasteiger partial charge on any atom is -0.493 e. The fraction of sp³-hybridized carbons (Fsp3) is 0.286. The number of aromatic amines is 1. The average molecular weight is 276 g/mol. The lowest BCUT2D eigenvalue weighted by Gasteiger charge is -2.14. The lowest BCUT2D eigenvalue weighted by atomic mass is 9.99. The summed E-state index contributed by atoms with van der Waals surface area (Å²) in [5, 5.41) is 16.2. The highest BCUT2D eigenvalue weighted by molar-refractivity contribution is 5.92. The lowest BCUT2D eigenvalue weighted by Crippen LogP contribution is -2.01. The topological polar surface area (TPSA) is 84.4 Å². The van der Waals surface area contributed by atoms with Gasteiger partial charge in [0.05, 0.1) is 25.5 Å². The second-order valence-electron chi connectivity index (χ2n) is 4.37. The number of hydrogen-bond acceptors (Lipinski definition) is 4. The predicted octanol–water partition coefficient (Wildman–Crippen LogP) is 2.41. The normalized spacial score (nSPS) is 10.4. The second-order valence-corrected chi connectivity index (χ2v) is 4.37. The molecule has 106 valence electrons. The molecule has 1 aromatic carbocycles. The summed E-state index contributed by atoms with van der Waals surface area (Å²) in [6.45, 7) is 3.72.